The van der Waals surface area contributed by atoms with Crippen LogP contribution in [0.3, 0.4) is 0 Å². The Labute approximate surface area is 120 Å². The van der Waals surface area contributed by atoms with Crippen LogP contribution in [0.2, 0.25) is 0 Å². The molecule has 0 aliphatic heterocycles. The summed E-state index contributed by atoms with van der Waals surface area (Å²) in [6, 6.07) is 3.70. The Morgan fingerprint density at radius 3 is 2.20 bits per heavy atom. The zero-order valence-corrected chi connectivity index (χ0v) is 13.6. The summed E-state index contributed by atoms with van der Waals surface area (Å²) < 4.78 is 49.1. The van der Waals surface area contributed by atoms with E-state index in [2.05, 4.69) is 0 Å². The second kappa shape index (κ2) is 5.71. The molecular formula is C12H20N2O4S2. The van der Waals surface area contributed by atoms with Gasteiger partial charge in [0.25, 0.3) is 0 Å². The van der Waals surface area contributed by atoms with Gasteiger partial charge in [-0.15, -0.1) is 0 Å². The first kappa shape index (κ1) is 16.9. The van der Waals surface area contributed by atoms with Crippen molar-refractivity contribution in [1.82, 2.24) is 4.31 Å². The highest BCUT2D eigenvalue weighted by Crippen LogP contribution is 2.25. The van der Waals surface area contributed by atoms with E-state index in [0.29, 0.717) is 6.54 Å². The molecule has 0 spiro atoms. The van der Waals surface area contributed by atoms with Gasteiger partial charge in [-0.05, 0) is 24.1 Å². The first-order chi connectivity index (χ1) is 8.96. The van der Waals surface area contributed by atoms with Crippen LogP contribution >= 0.6 is 0 Å². The van der Waals surface area contributed by atoms with E-state index in [9.17, 15) is 16.8 Å². The minimum absolute atomic E-state index is 0.0352. The van der Waals surface area contributed by atoms with Crippen molar-refractivity contribution in [3.8, 4) is 0 Å². The van der Waals surface area contributed by atoms with Crippen LogP contribution in [0.4, 0.5) is 5.69 Å². The van der Waals surface area contributed by atoms with E-state index >= 15 is 0 Å². The monoisotopic (exact) mass is 320 g/mol. The lowest BCUT2D eigenvalue weighted by Gasteiger charge is -2.20. The number of anilines is 1. The summed E-state index contributed by atoms with van der Waals surface area (Å²) in [5, 5.41) is 0. The van der Waals surface area contributed by atoms with Crippen LogP contribution < -0.4 is 5.73 Å². The number of sulfonamides is 1. The zero-order valence-electron chi connectivity index (χ0n) is 12.0. The third-order valence-electron chi connectivity index (χ3n) is 2.72. The quantitative estimate of drug-likeness (QED) is 0.815. The third-order valence-corrected chi connectivity index (χ3v) is 5.71. The van der Waals surface area contributed by atoms with Crippen LogP contribution in [0, 0.1) is 5.92 Å². The summed E-state index contributed by atoms with van der Waals surface area (Å²) in [5.41, 5.74) is 5.72. The Kier molecular flexibility index (Phi) is 4.83. The molecule has 8 heteroatoms. The molecule has 0 atom stereocenters. The second-order valence-electron chi connectivity index (χ2n) is 5.15. The number of sulfone groups is 1. The molecule has 0 amide bonds. The maximum absolute atomic E-state index is 12.4. The fraction of sp³-hybridized carbons (Fsp3) is 0.500. The first-order valence-corrected chi connectivity index (χ1v) is 9.35. The highest BCUT2D eigenvalue weighted by molar-refractivity contribution is 7.91. The predicted octanol–water partition coefficient (Wildman–Crippen LogP) is 0.949. The normalized spacial score (nSPS) is 13.1. The van der Waals surface area contributed by atoms with Crippen molar-refractivity contribution in [3.05, 3.63) is 18.2 Å². The molecule has 0 aliphatic carbocycles. The number of nitrogens with zero attached hydrogens (tertiary/aromatic N) is 1. The molecule has 0 aromatic heterocycles. The van der Waals surface area contributed by atoms with Crippen molar-refractivity contribution < 1.29 is 16.8 Å². The lowest BCUT2D eigenvalue weighted by molar-refractivity contribution is 0.417. The molecule has 6 nitrogen and oxygen atoms in total. The van der Waals surface area contributed by atoms with Gasteiger partial charge in [-0.25, -0.2) is 21.1 Å². The molecule has 1 aromatic carbocycles. The molecule has 2 N–H and O–H groups in total. The van der Waals surface area contributed by atoms with Gasteiger partial charge in [0.15, 0.2) is 9.84 Å². The Hall–Kier alpha value is -1.12. The summed E-state index contributed by atoms with van der Waals surface area (Å²) in [5.74, 6) is 0.147. The van der Waals surface area contributed by atoms with Crippen LogP contribution in [0.15, 0.2) is 28.0 Å². The van der Waals surface area contributed by atoms with Gasteiger partial charge < -0.3 is 5.73 Å². The average Bonchev–Trinajstić information content (AvgIpc) is 2.26. The minimum atomic E-state index is -3.80. The molecule has 0 fully saturated rings. The van der Waals surface area contributed by atoms with Crippen molar-refractivity contribution >= 4 is 25.5 Å². The SMILES string of the molecule is CC(C)CN(C)S(=O)(=O)c1cc(S(C)(=O)=O)ccc1N. The van der Waals surface area contributed by atoms with Crippen molar-refractivity contribution in [1.29, 1.82) is 0 Å². The summed E-state index contributed by atoms with van der Waals surface area (Å²) in [4.78, 5) is -0.244. The third kappa shape index (κ3) is 3.71. The molecule has 1 rings (SSSR count). The highest BCUT2D eigenvalue weighted by atomic mass is 32.2. The van der Waals surface area contributed by atoms with Gasteiger partial charge in [0.2, 0.25) is 10.0 Å². The van der Waals surface area contributed by atoms with Gasteiger partial charge in [-0.3, -0.25) is 0 Å². The molecule has 0 saturated carbocycles. The maximum Gasteiger partial charge on any atom is 0.244 e. The molecule has 0 aliphatic rings. The first-order valence-electron chi connectivity index (χ1n) is 6.02. The Bertz CT molecular complexity index is 694. The number of nitrogen functional groups attached to an aromatic ring is 1. The summed E-state index contributed by atoms with van der Waals surface area (Å²) in [6.45, 7) is 4.11. The predicted molar refractivity (Wildman–Crippen MR) is 78.6 cm³/mol. The Balaban J connectivity index is 3.38. The van der Waals surface area contributed by atoms with E-state index < -0.39 is 19.9 Å². The molecule has 0 heterocycles. The van der Waals surface area contributed by atoms with Gasteiger partial charge in [0.1, 0.15) is 4.90 Å². The molecule has 114 valence electrons. The van der Waals surface area contributed by atoms with E-state index in [1.807, 2.05) is 13.8 Å². The van der Waals surface area contributed by atoms with Crippen molar-refractivity contribution in [2.75, 3.05) is 25.6 Å². The molecule has 0 saturated heterocycles. The maximum atomic E-state index is 12.4. The highest BCUT2D eigenvalue weighted by Gasteiger charge is 2.25. The molecule has 20 heavy (non-hydrogen) atoms. The molecule has 0 bridgehead atoms. The van der Waals surface area contributed by atoms with Crippen LogP contribution in [-0.2, 0) is 19.9 Å². The zero-order chi connectivity index (χ0) is 15.7. The average molecular weight is 320 g/mol. The summed E-state index contributed by atoms with van der Waals surface area (Å²) in [6.07, 6.45) is 1.02. The van der Waals surface area contributed by atoms with Crippen LogP contribution in [0.1, 0.15) is 13.8 Å². The topological polar surface area (TPSA) is 97.5 Å². The Morgan fingerprint density at radius 1 is 1.20 bits per heavy atom. The van der Waals surface area contributed by atoms with E-state index in [-0.39, 0.29) is 21.4 Å². The van der Waals surface area contributed by atoms with E-state index in [1.54, 1.807) is 0 Å². The minimum Gasteiger partial charge on any atom is -0.398 e. The number of rotatable bonds is 5. The van der Waals surface area contributed by atoms with E-state index in [1.165, 1.54) is 23.5 Å². The van der Waals surface area contributed by atoms with Gasteiger partial charge >= 0.3 is 0 Å². The van der Waals surface area contributed by atoms with Gasteiger partial charge in [-0.2, -0.15) is 0 Å². The van der Waals surface area contributed by atoms with Crippen LogP contribution in [0.25, 0.3) is 0 Å². The Morgan fingerprint density at radius 2 is 1.75 bits per heavy atom. The van der Waals surface area contributed by atoms with Gasteiger partial charge in [-0.1, -0.05) is 13.8 Å². The van der Waals surface area contributed by atoms with Crippen LogP contribution in [0.5, 0.6) is 0 Å². The lowest BCUT2D eigenvalue weighted by Crippen LogP contribution is -2.31. The van der Waals surface area contributed by atoms with E-state index in [0.717, 1.165) is 12.3 Å². The van der Waals surface area contributed by atoms with Crippen molar-refractivity contribution in [2.45, 2.75) is 23.6 Å². The largest absolute Gasteiger partial charge is 0.398 e. The lowest BCUT2D eigenvalue weighted by atomic mass is 10.2. The number of hydrogen-bond acceptors (Lipinski definition) is 5. The fourth-order valence-electron chi connectivity index (χ4n) is 1.75. The van der Waals surface area contributed by atoms with E-state index in [4.69, 9.17) is 5.73 Å². The fourth-order valence-corrected chi connectivity index (χ4v) is 3.94. The second-order valence-corrected chi connectivity index (χ2v) is 9.18. The van der Waals surface area contributed by atoms with Gasteiger partial charge in [0, 0.05) is 19.8 Å². The van der Waals surface area contributed by atoms with Crippen molar-refractivity contribution in [2.24, 2.45) is 5.92 Å². The summed E-state index contributed by atoms with van der Waals surface area (Å²) in [7, 11) is -5.85. The number of hydrogen-bond donors (Lipinski definition) is 1. The smallest absolute Gasteiger partial charge is 0.244 e. The molecular weight excluding hydrogens is 300 g/mol. The number of benzene rings is 1. The number of nitrogens with two attached hydrogens (primary N) is 1. The molecule has 0 radical (unpaired) electrons. The van der Waals surface area contributed by atoms with Crippen LogP contribution in [-0.4, -0.2) is 41.0 Å². The standard InChI is InChI=1S/C12H20N2O4S2/c1-9(2)8-14(3)20(17,18)12-7-10(19(4,15)16)5-6-11(12)13/h5-7,9H,8,13H2,1-4H3. The van der Waals surface area contributed by atoms with Gasteiger partial charge in [0.05, 0.1) is 10.6 Å². The molecule has 1 aromatic rings. The summed E-state index contributed by atoms with van der Waals surface area (Å²) >= 11 is 0. The molecule has 0 unspecified atom stereocenters. The van der Waals surface area contributed by atoms with Crippen molar-refractivity contribution in [3.63, 3.8) is 0 Å².